The predicted octanol–water partition coefficient (Wildman–Crippen LogP) is 2.74. The van der Waals surface area contributed by atoms with Gasteiger partial charge < -0.3 is 10.1 Å². The van der Waals surface area contributed by atoms with Gasteiger partial charge in [0.2, 0.25) is 6.10 Å². The van der Waals surface area contributed by atoms with Crippen molar-refractivity contribution in [2.24, 2.45) is 0 Å². The molecule has 2 aromatic rings. The van der Waals surface area contributed by atoms with Crippen molar-refractivity contribution in [2.75, 3.05) is 7.05 Å². The zero-order chi connectivity index (χ0) is 18.4. The number of pyridine rings is 1. The Bertz CT molecular complexity index is 799. The van der Waals surface area contributed by atoms with E-state index in [1.54, 1.807) is 30.3 Å². The Morgan fingerprint density at radius 1 is 1.08 bits per heavy atom. The molecule has 3 amide bonds. The third-order valence-electron chi connectivity index (χ3n) is 3.03. The van der Waals surface area contributed by atoms with Crippen molar-refractivity contribution in [1.82, 2.24) is 15.6 Å². The molecule has 1 aromatic heterocycles. The molecule has 0 aliphatic rings. The van der Waals surface area contributed by atoms with E-state index in [-0.39, 0.29) is 15.9 Å². The number of ether oxygens (including phenoxy) is 1. The smallest absolute Gasteiger partial charge is 0.359 e. The Kier molecular flexibility index (Phi) is 6.32. The van der Waals surface area contributed by atoms with Crippen LogP contribution < -0.4 is 10.6 Å². The predicted molar refractivity (Wildman–Crippen MR) is 91.5 cm³/mol. The summed E-state index contributed by atoms with van der Waals surface area (Å²) in [5.41, 5.74) is 0.137. The maximum absolute atomic E-state index is 12.4. The van der Waals surface area contributed by atoms with E-state index in [1.165, 1.54) is 19.2 Å². The van der Waals surface area contributed by atoms with Gasteiger partial charge in [-0.05, 0) is 12.1 Å². The van der Waals surface area contributed by atoms with Gasteiger partial charge >= 0.3 is 12.0 Å². The normalized spacial score (nSPS) is 11.3. The number of rotatable bonds is 4. The molecular weight excluding hydrogens is 369 g/mol. The summed E-state index contributed by atoms with van der Waals surface area (Å²) in [5.74, 6) is -1.77. The van der Waals surface area contributed by atoms with Gasteiger partial charge in [0.1, 0.15) is 5.15 Å². The van der Waals surface area contributed by atoms with Gasteiger partial charge in [0.25, 0.3) is 5.91 Å². The second kappa shape index (κ2) is 8.46. The molecule has 0 saturated heterocycles. The number of urea groups is 1. The van der Waals surface area contributed by atoms with Crippen LogP contribution in [0.4, 0.5) is 4.79 Å². The number of esters is 1. The van der Waals surface area contributed by atoms with Gasteiger partial charge in [-0.2, -0.15) is 0 Å². The van der Waals surface area contributed by atoms with E-state index in [0.717, 1.165) is 0 Å². The van der Waals surface area contributed by atoms with E-state index in [9.17, 15) is 14.4 Å². The lowest BCUT2D eigenvalue weighted by Gasteiger charge is -2.17. The van der Waals surface area contributed by atoms with Gasteiger partial charge in [-0.25, -0.2) is 14.6 Å². The van der Waals surface area contributed by atoms with Crippen LogP contribution in [0.3, 0.4) is 0 Å². The molecule has 1 atom stereocenters. The lowest BCUT2D eigenvalue weighted by Crippen LogP contribution is -2.41. The molecule has 0 aliphatic heterocycles. The van der Waals surface area contributed by atoms with Gasteiger partial charge in [0, 0.05) is 12.6 Å². The molecule has 0 fully saturated rings. The fourth-order valence-electron chi connectivity index (χ4n) is 1.87. The van der Waals surface area contributed by atoms with Crippen molar-refractivity contribution in [3.63, 3.8) is 0 Å². The van der Waals surface area contributed by atoms with Crippen LogP contribution in [-0.4, -0.2) is 29.9 Å². The molecule has 7 nitrogen and oxygen atoms in total. The summed E-state index contributed by atoms with van der Waals surface area (Å²) >= 11 is 11.7. The maximum Gasteiger partial charge on any atom is 0.359 e. The number of carbonyl (C=O) groups is 3. The topological polar surface area (TPSA) is 97.4 Å². The number of halogens is 2. The molecule has 0 radical (unpaired) electrons. The summed E-state index contributed by atoms with van der Waals surface area (Å²) in [6, 6.07) is 10.3. The number of nitrogens with zero attached hydrogens (tertiary/aromatic N) is 1. The summed E-state index contributed by atoms with van der Waals surface area (Å²) in [5, 5.41) is 4.37. The molecular formula is C16H13Cl2N3O4. The van der Waals surface area contributed by atoms with E-state index < -0.39 is 24.0 Å². The molecule has 0 unspecified atom stereocenters. The van der Waals surface area contributed by atoms with Gasteiger partial charge in [0.15, 0.2) is 5.69 Å². The summed E-state index contributed by atoms with van der Waals surface area (Å²) < 4.78 is 5.23. The zero-order valence-corrected chi connectivity index (χ0v) is 14.5. The Labute approximate surface area is 153 Å². The second-order valence-electron chi connectivity index (χ2n) is 4.73. The van der Waals surface area contributed by atoms with Crippen LogP contribution in [0.1, 0.15) is 22.2 Å². The maximum atomic E-state index is 12.4. The highest BCUT2D eigenvalue weighted by atomic mass is 35.5. The van der Waals surface area contributed by atoms with E-state index in [1.807, 2.05) is 0 Å². The first-order valence-electron chi connectivity index (χ1n) is 7.03. The fraction of sp³-hybridized carbons (Fsp3) is 0.125. The Morgan fingerprint density at radius 3 is 2.40 bits per heavy atom. The number of imide groups is 1. The zero-order valence-electron chi connectivity index (χ0n) is 13.0. The Morgan fingerprint density at radius 2 is 1.76 bits per heavy atom. The average molecular weight is 382 g/mol. The van der Waals surface area contributed by atoms with E-state index in [4.69, 9.17) is 27.9 Å². The first kappa shape index (κ1) is 18.7. The molecule has 130 valence electrons. The largest absolute Gasteiger partial charge is 0.442 e. The summed E-state index contributed by atoms with van der Waals surface area (Å²) in [6.07, 6.45) is -1.37. The Balaban J connectivity index is 2.29. The molecule has 25 heavy (non-hydrogen) atoms. The molecule has 2 N–H and O–H groups in total. The number of hydrogen-bond acceptors (Lipinski definition) is 5. The SMILES string of the molecule is CNC(=O)NC(=O)[C@@H](OC(=O)c1nc(Cl)ccc1Cl)c1ccccc1. The van der Waals surface area contributed by atoms with Crippen LogP contribution in [0, 0.1) is 0 Å². The molecule has 2 rings (SSSR count). The number of carbonyl (C=O) groups excluding carboxylic acids is 3. The monoisotopic (exact) mass is 381 g/mol. The lowest BCUT2D eigenvalue weighted by molar-refractivity contribution is -0.129. The average Bonchev–Trinajstić information content (AvgIpc) is 2.61. The van der Waals surface area contributed by atoms with Crippen molar-refractivity contribution in [2.45, 2.75) is 6.10 Å². The molecule has 0 aliphatic carbocycles. The van der Waals surface area contributed by atoms with Crippen LogP contribution in [0.2, 0.25) is 10.2 Å². The third-order valence-corrected chi connectivity index (χ3v) is 3.55. The minimum Gasteiger partial charge on any atom is -0.442 e. The van der Waals surface area contributed by atoms with Gasteiger partial charge in [0.05, 0.1) is 5.02 Å². The summed E-state index contributed by atoms with van der Waals surface area (Å²) in [7, 11) is 1.35. The van der Waals surface area contributed by atoms with Crippen molar-refractivity contribution in [1.29, 1.82) is 0 Å². The highest BCUT2D eigenvalue weighted by Crippen LogP contribution is 2.23. The number of hydrogen-bond donors (Lipinski definition) is 2. The summed E-state index contributed by atoms with van der Waals surface area (Å²) in [6.45, 7) is 0. The van der Waals surface area contributed by atoms with Crippen molar-refractivity contribution in [3.8, 4) is 0 Å². The van der Waals surface area contributed by atoms with E-state index >= 15 is 0 Å². The number of nitrogens with one attached hydrogen (secondary N) is 2. The van der Waals surface area contributed by atoms with Gasteiger partial charge in [-0.15, -0.1) is 0 Å². The number of benzene rings is 1. The molecule has 9 heteroatoms. The van der Waals surface area contributed by atoms with Crippen molar-refractivity contribution < 1.29 is 19.1 Å². The second-order valence-corrected chi connectivity index (χ2v) is 5.52. The van der Waals surface area contributed by atoms with Crippen LogP contribution >= 0.6 is 23.2 Å². The first-order valence-corrected chi connectivity index (χ1v) is 7.78. The first-order chi connectivity index (χ1) is 11.9. The van der Waals surface area contributed by atoms with E-state index in [0.29, 0.717) is 5.56 Å². The molecule has 1 heterocycles. The van der Waals surface area contributed by atoms with Crippen LogP contribution in [-0.2, 0) is 9.53 Å². The molecule has 0 bridgehead atoms. The van der Waals surface area contributed by atoms with Crippen LogP contribution in [0.15, 0.2) is 42.5 Å². The minimum atomic E-state index is -1.37. The minimum absolute atomic E-state index is 0.0212. The fourth-order valence-corrected chi connectivity index (χ4v) is 2.19. The van der Waals surface area contributed by atoms with Crippen LogP contribution in [0.25, 0.3) is 0 Å². The molecule has 1 aromatic carbocycles. The quantitative estimate of drug-likeness (QED) is 0.626. The number of amides is 3. The lowest BCUT2D eigenvalue weighted by atomic mass is 10.1. The highest BCUT2D eigenvalue weighted by Gasteiger charge is 2.28. The molecule has 0 saturated carbocycles. The van der Waals surface area contributed by atoms with Crippen molar-refractivity contribution >= 4 is 41.1 Å². The van der Waals surface area contributed by atoms with Crippen molar-refractivity contribution in [3.05, 3.63) is 63.9 Å². The number of aromatic nitrogens is 1. The van der Waals surface area contributed by atoms with E-state index in [2.05, 4.69) is 15.6 Å². The third kappa shape index (κ3) is 4.91. The highest BCUT2D eigenvalue weighted by molar-refractivity contribution is 6.34. The molecule has 0 spiro atoms. The van der Waals surface area contributed by atoms with Crippen LogP contribution in [0.5, 0.6) is 0 Å². The van der Waals surface area contributed by atoms with Gasteiger partial charge in [-0.3, -0.25) is 10.1 Å². The standard InChI is InChI=1S/C16H13Cl2N3O4/c1-19-16(24)21-14(22)13(9-5-3-2-4-6-9)25-15(23)12-10(17)7-8-11(18)20-12/h2-8,13H,1H3,(H2,19,21,22,24)/t13-/m0/s1. The van der Waals surface area contributed by atoms with Gasteiger partial charge in [-0.1, -0.05) is 53.5 Å². The summed E-state index contributed by atoms with van der Waals surface area (Å²) in [4.78, 5) is 39.8. The Hall–Kier alpha value is -2.64.